The normalized spacial score (nSPS) is 11.5. The lowest BCUT2D eigenvalue weighted by atomic mass is 10.3. The first-order chi connectivity index (χ1) is 7.15. The average molecular weight is 303 g/mol. The molecule has 0 aliphatic carbocycles. The van der Waals surface area contributed by atoms with Crippen molar-refractivity contribution in [2.24, 2.45) is 5.92 Å². The molecular formula is C10H11BrN2S2. The van der Waals surface area contributed by atoms with Crippen LogP contribution in [0.4, 0.5) is 0 Å². The van der Waals surface area contributed by atoms with Gasteiger partial charge in [0.25, 0.3) is 0 Å². The van der Waals surface area contributed by atoms with Crippen molar-refractivity contribution < 1.29 is 0 Å². The second-order valence-corrected chi connectivity index (χ2v) is 6.87. The van der Waals surface area contributed by atoms with Gasteiger partial charge in [-0.3, -0.25) is 0 Å². The standard InChI is InChI=1S/C10H11BrN2S2/c1-6(2)5-14-10-13-9-8(15-10)3-7(11)4-12-9/h3-4,6H,5H2,1-2H3. The smallest absolute Gasteiger partial charge is 0.171 e. The summed E-state index contributed by atoms with van der Waals surface area (Å²) >= 11 is 6.94. The highest BCUT2D eigenvalue weighted by Gasteiger charge is 2.06. The Bertz CT molecular complexity index is 467. The maximum Gasteiger partial charge on any atom is 0.171 e. The molecule has 2 nitrogen and oxygen atoms in total. The molecule has 0 radical (unpaired) electrons. The van der Waals surface area contributed by atoms with E-state index in [-0.39, 0.29) is 0 Å². The summed E-state index contributed by atoms with van der Waals surface area (Å²) in [6, 6.07) is 2.07. The maximum atomic E-state index is 4.48. The minimum atomic E-state index is 0.696. The van der Waals surface area contributed by atoms with E-state index in [2.05, 4.69) is 45.8 Å². The number of aromatic nitrogens is 2. The topological polar surface area (TPSA) is 25.8 Å². The molecule has 0 bridgehead atoms. The van der Waals surface area contributed by atoms with Crippen LogP contribution in [-0.4, -0.2) is 15.7 Å². The highest BCUT2D eigenvalue weighted by Crippen LogP contribution is 2.30. The van der Waals surface area contributed by atoms with Gasteiger partial charge in [-0.1, -0.05) is 25.6 Å². The van der Waals surface area contributed by atoms with Crippen LogP contribution in [0.5, 0.6) is 0 Å². The lowest BCUT2D eigenvalue weighted by Gasteiger charge is -1.99. The van der Waals surface area contributed by atoms with Gasteiger partial charge >= 0.3 is 0 Å². The van der Waals surface area contributed by atoms with Crippen LogP contribution in [-0.2, 0) is 0 Å². The summed E-state index contributed by atoms with van der Waals surface area (Å²) in [5.74, 6) is 1.81. The largest absolute Gasteiger partial charge is 0.235 e. The number of pyridine rings is 1. The molecule has 2 rings (SSSR count). The van der Waals surface area contributed by atoms with Crippen LogP contribution in [0.25, 0.3) is 10.3 Å². The van der Waals surface area contributed by atoms with E-state index in [9.17, 15) is 0 Å². The maximum absolute atomic E-state index is 4.48. The van der Waals surface area contributed by atoms with E-state index in [0.29, 0.717) is 5.92 Å². The van der Waals surface area contributed by atoms with Gasteiger partial charge in [-0.15, -0.1) is 11.3 Å². The fourth-order valence-electron chi connectivity index (χ4n) is 1.08. The van der Waals surface area contributed by atoms with Crippen molar-refractivity contribution >= 4 is 49.4 Å². The fourth-order valence-corrected chi connectivity index (χ4v) is 3.59. The highest BCUT2D eigenvalue weighted by atomic mass is 79.9. The molecule has 0 aliphatic heterocycles. The van der Waals surface area contributed by atoms with Crippen LogP contribution in [0.2, 0.25) is 0 Å². The zero-order valence-electron chi connectivity index (χ0n) is 8.53. The van der Waals surface area contributed by atoms with Crippen molar-refractivity contribution in [3.05, 3.63) is 16.7 Å². The Morgan fingerprint density at radius 1 is 1.53 bits per heavy atom. The highest BCUT2D eigenvalue weighted by molar-refractivity contribution is 9.10. The molecule has 5 heteroatoms. The summed E-state index contributed by atoms with van der Waals surface area (Å²) in [7, 11) is 0. The van der Waals surface area contributed by atoms with Crippen molar-refractivity contribution in [2.45, 2.75) is 18.2 Å². The van der Waals surface area contributed by atoms with Gasteiger partial charge in [-0.05, 0) is 27.9 Å². The molecule has 0 saturated carbocycles. The second kappa shape index (κ2) is 4.80. The summed E-state index contributed by atoms with van der Waals surface area (Å²) in [6.07, 6.45) is 1.79. The molecule has 80 valence electrons. The summed E-state index contributed by atoms with van der Waals surface area (Å²) < 4.78 is 3.28. The van der Waals surface area contributed by atoms with Crippen molar-refractivity contribution in [2.75, 3.05) is 5.75 Å². The lowest BCUT2D eigenvalue weighted by molar-refractivity contribution is 0.750. The molecular weight excluding hydrogens is 292 g/mol. The lowest BCUT2D eigenvalue weighted by Crippen LogP contribution is -1.89. The Kier molecular flexibility index (Phi) is 3.64. The third-order valence-electron chi connectivity index (χ3n) is 1.73. The van der Waals surface area contributed by atoms with Gasteiger partial charge in [-0.25, -0.2) is 9.97 Å². The molecule has 0 fully saturated rings. The van der Waals surface area contributed by atoms with Crippen molar-refractivity contribution in [1.82, 2.24) is 9.97 Å². The minimum Gasteiger partial charge on any atom is -0.235 e. The first kappa shape index (κ1) is 11.4. The molecule has 0 unspecified atom stereocenters. The molecule has 15 heavy (non-hydrogen) atoms. The molecule has 2 aromatic heterocycles. The molecule has 0 N–H and O–H groups in total. The molecule has 0 atom stereocenters. The Balaban J connectivity index is 2.23. The average Bonchev–Trinajstić information content (AvgIpc) is 2.56. The van der Waals surface area contributed by atoms with E-state index >= 15 is 0 Å². The van der Waals surface area contributed by atoms with Crippen molar-refractivity contribution in [3.63, 3.8) is 0 Å². The Labute approximate surface area is 106 Å². The fraction of sp³-hybridized carbons (Fsp3) is 0.400. The summed E-state index contributed by atoms with van der Waals surface area (Å²) in [6.45, 7) is 4.43. The van der Waals surface area contributed by atoms with E-state index < -0.39 is 0 Å². The third-order valence-corrected chi connectivity index (χ3v) is 4.73. The summed E-state index contributed by atoms with van der Waals surface area (Å²) in [4.78, 5) is 8.74. The second-order valence-electron chi connectivity index (χ2n) is 3.66. The number of halogens is 1. The summed E-state index contributed by atoms with van der Waals surface area (Å²) in [5, 5.41) is 0. The van der Waals surface area contributed by atoms with Crippen molar-refractivity contribution in [1.29, 1.82) is 0 Å². The zero-order valence-corrected chi connectivity index (χ0v) is 11.7. The van der Waals surface area contributed by atoms with E-state index in [0.717, 1.165) is 24.9 Å². The Hall–Kier alpha value is -0.130. The van der Waals surface area contributed by atoms with E-state index in [4.69, 9.17) is 0 Å². The van der Waals surface area contributed by atoms with E-state index in [1.165, 1.54) is 0 Å². The minimum absolute atomic E-state index is 0.696. The van der Waals surface area contributed by atoms with Crippen LogP contribution < -0.4 is 0 Å². The van der Waals surface area contributed by atoms with Gasteiger partial charge in [0.05, 0.1) is 4.70 Å². The van der Waals surface area contributed by atoms with E-state index in [1.807, 2.05) is 11.8 Å². The van der Waals surface area contributed by atoms with Crippen LogP contribution in [0.1, 0.15) is 13.8 Å². The van der Waals surface area contributed by atoms with Gasteiger partial charge in [0.1, 0.15) is 0 Å². The molecule has 0 aliphatic rings. The third kappa shape index (κ3) is 2.92. The molecule has 2 heterocycles. The van der Waals surface area contributed by atoms with E-state index in [1.54, 1.807) is 17.5 Å². The van der Waals surface area contributed by atoms with Gasteiger partial charge < -0.3 is 0 Å². The van der Waals surface area contributed by atoms with Crippen LogP contribution >= 0.6 is 39.0 Å². The van der Waals surface area contributed by atoms with Crippen molar-refractivity contribution in [3.8, 4) is 0 Å². The number of thioether (sulfide) groups is 1. The quantitative estimate of drug-likeness (QED) is 0.795. The predicted octanol–water partition coefficient (Wildman–Crippen LogP) is 4.20. The first-order valence-corrected chi connectivity index (χ1v) is 7.29. The predicted molar refractivity (Wildman–Crippen MR) is 70.7 cm³/mol. The molecule has 0 spiro atoms. The molecule has 0 amide bonds. The molecule has 2 aromatic rings. The first-order valence-electron chi connectivity index (χ1n) is 4.70. The Morgan fingerprint density at radius 2 is 2.33 bits per heavy atom. The number of fused-ring (bicyclic) bond motifs is 1. The Morgan fingerprint density at radius 3 is 3.07 bits per heavy atom. The molecule has 0 saturated heterocycles. The number of hydrogen-bond acceptors (Lipinski definition) is 4. The monoisotopic (exact) mass is 302 g/mol. The van der Waals surface area contributed by atoms with Crippen LogP contribution in [0, 0.1) is 5.92 Å². The SMILES string of the molecule is CC(C)CSc1nc2ncc(Br)cc2s1. The van der Waals surface area contributed by atoms with Gasteiger partial charge in [0.2, 0.25) is 0 Å². The van der Waals surface area contributed by atoms with Gasteiger partial charge in [0.15, 0.2) is 9.99 Å². The number of hydrogen-bond donors (Lipinski definition) is 0. The zero-order chi connectivity index (χ0) is 10.8. The molecule has 0 aromatic carbocycles. The van der Waals surface area contributed by atoms with Gasteiger partial charge in [-0.2, -0.15) is 0 Å². The van der Waals surface area contributed by atoms with Crippen LogP contribution in [0.3, 0.4) is 0 Å². The summed E-state index contributed by atoms with van der Waals surface area (Å²) in [5.41, 5.74) is 0.856. The van der Waals surface area contributed by atoms with Crippen LogP contribution in [0.15, 0.2) is 21.1 Å². The number of nitrogens with zero attached hydrogens (tertiary/aromatic N) is 2. The number of thiazole rings is 1. The van der Waals surface area contributed by atoms with Gasteiger partial charge in [0, 0.05) is 16.4 Å². The number of rotatable bonds is 3.